The van der Waals surface area contributed by atoms with Crippen LogP contribution in [0.3, 0.4) is 0 Å². The third-order valence-corrected chi connectivity index (χ3v) is 12.4. The van der Waals surface area contributed by atoms with Crippen LogP contribution in [-0.4, -0.2) is 86.7 Å². The quantitative estimate of drug-likeness (QED) is 0.0449. The topological polar surface area (TPSA) is 59.1 Å². The third-order valence-electron chi connectivity index (χ3n) is 11.3. The molecule has 2 atom stereocenters. The molecule has 0 aromatic carbocycles. The lowest BCUT2D eigenvalue weighted by Gasteiger charge is -2.23. The molecule has 0 heterocycles. The first-order valence-electron chi connectivity index (χ1n) is 24.1. The molecule has 0 aliphatic carbocycles. The molecule has 0 spiro atoms. The number of carbonyl (C=O) groups excluding carboxylic acids is 2. The number of carbonyl (C=O) groups is 2. The fraction of sp³-hybridized carbons (Fsp3) is 0.958. The minimum atomic E-state index is -0.0655. The van der Waals surface area contributed by atoms with Gasteiger partial charge in [0.15, 0.2) is 0 Å². The van der Waals surface area contributed by atoms with E-state index in [0.29, 0.717) is 32.0 Å². The Bertz CT molecular complexity index is 813. The Morgan fingerprint density at radius 2 is 0.927 bits per heavy atom. The lowest BCUT2D eigenvalue weighted by Crippen LogP contribution is -2.31. The molecule has 2 unspecified atom stereocenters. The van der Waals surface area contributed by atoms with Gasteiger partial charge in [0.2, 0.25) is 0 Å². The van der Waals surface area contributed by atoms with Crippen molar-refractivity contribution in [1.29, 1.82) is 0 Å². The van der Waals surface area contributed by atoms with Gasteiger partial charge in [0.1, 0.15) is 6.61 Å². The van der Waals surface area contributed by atoms with E-state index in [0.717, 1.165) is 63.5 Å². The van der Waals surface area contributed by atoms with Crippen LogP contribution in [0.15, 0.2) is 0 Å². The number of unbranched alkanes of at least 4 members (excludes halogenated alkanes) is 18. The molecule has 328 valence electrons. The molecule has 0 aliphatic heterocycles. The minimum Gasteiger partial charge on any atom is -0.465 e. The Morgan fingerprint density at radius 1 is 0.473 bits per heavy atom. The van der Waals surface area contributed by atoms with Gasteiger partial charge in [-0.2, -0.15) is 11.8 Å². The molecule has 0 aliphatic rings. The second-order valence-corrected chi connectivity index (χ2v) is 18.2. The molecular weight excluding hydrogens is 701 g/mol. The van der Waals surface area contributed by atoms with Crippen LogP contribution in [0.5, 0.6) is 0 Å². The fourth-order valence-corrected chi connectivity index (χ4v) is 8.60. The van der Waals surface area contributed by atoms with Crippen molar-refractivity contribution in [3.05, 3.63) is 0 Å². The number of ether oxygens (including phenoxy) is 2. The normalized spacial score (nSPS) is 12.8. The van der Waals surface area contributed by atoms with E-state index in [-0.39, 0.29) is 11.9 Å². The molecule has 0 N–H and O–H groups in total. The summed E-state index contributed by atoms with van der Waals surface area (Å²) in [5.41, 5.74) is 0. The second kappa shape index (κ2) is 42.8. The van der Waals surface area contributed by atoms with Crippen molar-refractivity contribution in [2.24, 2.45) is 11.8 Å². The zero-order valence-electron chi connectivity index (χ0n) is 38.0. The van der Waals surface area contributed by atoms with Gasteiger partial charge in [-0.3, -0.25) is 9.59 Å². The molecule has 0 radical (unpaired) electrons. The van der Waals surface area contributed by atoms with E-state index in [2.05, 4.69) is 51.6 Å². The highest BCUT2D eigenvalue weighted by Crippen LogP contribution is 2.23. The van der Waals surface area contributed by atoms with Crippen molar-refractivity contribution in [3.8, 4) is 0 Å². The molecule has 0 saturated heterocycles. The zero-order chi connectivity index (χ0) is 40.5. The highest BCUT2D eigenvalue weighted by molar-refractivity contribution is 7.99. The Labute approximate surface area is 348 Å². The first-order valence-corrected chi connectivity index (χ1v) is 25.3. The average molecular weight is 797 g/mol. The molecule has 0 amide bonds. The Balaban J connectivity index is 4.48. The summed E-state index contributed by atoms with van der Waals surface area (Å²) in [6.45, 7) is 14.0. The highest BCUT2D eigenvalue weighted by atomic mass is 32.2. The van der Waals surface area contributed by atoms with Crippen molar-refractivity contribution < 1.29 is 19.1 Å². The van der Waals surface area contributed by atoms with Gasteiger partial charge in [0.05, 0.1) is 13.0 Å². The largest absolute Gasteiger partial charge is 0.465 e. The van der Waals surface area contributed by atoms with Crippen molar-refractivity contribution in [2.75, 3.05) is 65.0 Å². The van der Waals surface area contributed by atoms with Gasteiger partial charge in [0, 0.05) is 18.7 Å². The molecule has 0 bridgehead atoms. The lowest BCUT2D eigenvalue weighted by molar-refractivity contribution is -0.145. The smallest absolute Gasteiger partial charge is 0.307 e. The summed E-state index contributed by atoms with van der Waals surface area (Å²) in [7, 11) is 4.23. The number of nitrogens with zero attached hydrogens (tertiary/aromatic N) is 2. The van der Waals surface area contributed by atoms with Gasteiger partial charge in [-0.15, -0.1) is 0 Å². The van der Waals surface area contributed by atoms with E-state index < -0.39 is 0 Å². The Morgan fingerprint density at radius 3 is 1.47 bits per heavy atom. The predicted octanol–water partition coefficient (Wildman–Crippen LogP) is 13.7. The van der Waals surface area contributed by atoms with Gasteiger partial charge in [-0.25, -0.2) is 0 Å². The van der Waals surface area contributed by atoms with Crippen LogP contribution in [0.2, 0.25) is 0 Å². The maximum absolute atomic E-state index is 12.7. The van der Waals surface area contributed by atoms with E-state index in [1.165, 1.54) is 160 Å². The van der Waals surface area contributed by atoms with Crippen molar-refractivity contribution in [1.82, 2.24) is 9.80 Å². The molecule has 7 heteroatoms. The molecule has 0 aromatic rings. The van der Waals surface area contributed by atoms with E-state index in [1.807, 2.05) is 11.8 Å². The van der Waals surface area contributed by atoms with Gasteiger partial charge in [-0.05, 0) is 96.3 Å². The van der Waals surface area contributed by atoms with Gasteiger partial charge in [-0.1, -0.05) is 163 Å². The summed E-state index contributed by atoms with van der Waals surface area (Å²) in [5, 5.41) is 0. The Kier molecular flexibility index (Phi) is 42.2. The summed E-state index contributed by atoms with van der Waals surface area (Å²) < 4.78 is 11.5. The molecule has 0 fully saturated rings. The first kappa shape index (κ1) is 54.2. The monoisotopic (exact) mass is 797 g/mol. The Hall–Kier alpha value is -0.790. The summed E-state index contributed by atoms with van der Waals surface area (Å²) in [4.78, 5) is 30.0. The van der Waals surface area contributed by atoms with Crippen LogP contribution in [0.4, 0.5) is 0 Å². The predicted molar refractivity (Wildman–Crippen MR) is 242 cm³/mol. The number of thioether (sulfide) groups is 1. The first-order chi connectivity index (χ1) is 26.9. The molecule has 6 nitrogen and oxygen atoms in total. The third kappa shape index (κ3) is 39.8. The van der Waals surface area contributed by atoms with Crippen LogP contribution in [0.25, 0.3) is 0 Å². The summed E-state index contributed by atoms with van der Waals surface area (Å²) in [5.74, 6) is 3.35. The van der Waals surface area contributed by atoms with Gasteiger partial charge >= 0.3 is 11.9 Å². The fourth-order valence-electron chi connectivity index (χ4n) is 7.56. The standard InChI is InChI=1S/C48H96N2O4S/c1-7-11-15-19-21-26-32-45(31-24-17-13-9-3)43-54-47(51)35-28-23-29-38-50(39-30-37-49(5)6)40-36-48(52)53-41-42-55-44-46(33-25-18-14-10-4)34-27-22-20-16-12-8-2/h45-46H,7-44H2,1-6H3. The van der Waals surface area contributed by atoms with E-state index in [1.54, 1.807) is 0 Å². The number of rotatable bonds is 44. The number of hydrogen-bond acceptors (Lipinski definition) is 7. The van der Waals surface area contributed by atoms with Crippen molar-refractivity contribution in [3.63, 3.8) is 0 Å². The van der Waals surface area contributed by atoms with Crippen LogP contribution in [0, 0.1) is 11.8 Å². The zero-order valence-corrected chi connectivity index (χ0v) is 38.8. The lowest BCUT2D eigenvalue weighted by atomic mass is 9.95. The molecule has 55 heavy (non-hydrogen) atoms. The van der Waals surface area contributed by atoms with E-state index in [4.69, 9.17) is 9.47 Å². The molecule has 0 aromatic heterocycles. The minimum absolute atomic E-state index is 0.0226. The number of hydrogen-bond donors (Lipinski definition) is 0. The summed E-state index contributed by atoms with van der Waals surface area (Å²) >= 11 is 1.98. The summed E-state index contributed by atoms with van der Waals surface area (Å²) in [6.07, 6.45) is 36.7. The van der Waals surface area contributed by atoms with E-state index in [9.17, 15) is 9.59 Å². The SMILES string of the molecule is CCCCCCCCC(CCCCCC)COC(=O)CCCCCN(CCCN(C)C)CCC(=O)OCCSCC(CCCCCC)CCCCCCCC. The van der Waals surface area contributed by atoms with Gasteiger partial charge in [0.25, 0.3) is 0 Å². The van der Waals surface area contributed by atoms with Crippen LogP contribution < -0.4 is 0 Å². The number of esters is 2. The maximum atomic E-state index is 12.7. The maximum Gasteiger partial charge on any atom is 0.307 e. The van der Waals surface area contributed by atoms with Crippen LogP contribution in [-0.2, 0) is 19.1 Å². The summed E-state index contributed by atoms with van der Waals surface area (Å²) in [6, 6.07) is 0. The van der Waals surface area contributed by atoms with E-state index >= 15 is 0 Å². The molecule has 0 rings (SSSR count). The van der Waals surface area contributed by atoms with Crippen LogP contribution in [0.1, 0.15) is 220 Å². The highest BCUT2D eigenvalue weighted by Gasteiger charge is 2.14. The molecule has 0 saturated carbocycles. The van der Waals surface area contributed by atoms with Crippen molar-refractivity contribution in [2.45, 2.75) is 220 Å². The average Bonchev–Trinajstić information content (AvgIpc) is 3.17. The second-order valence-electron chi connectivity index (χ2n) is 17.1. The van der Waals surface area contributed by atoms with Crippen molar-refractivity contribution >= 4 is 23.7 Å². The molecular formula is C48H96N2O4S. The van der Waals surface area contributed by atoms with Gasteiger partial charge < -0.3 is 19.3 Å². The van der Waals surface area contributed by atoms with Crippen LogP contribution >= 0.6 is 11.8 Å².